The van der Waals surface area contributed by atoms with Gasteiger partial charge < -0.3 is 4.74 Å². The lowest BCUT2D eigenvalue weighted by Gasteiger charge is -2.09. The Kier molecular flexibility index (Phi) is 3.67. The van der Waals surface area contributed by atoms with E-state index in [-0.39, 0.29) is 6.61 Å². The van der Waals surface area contributed by atoms with Gasteiger partial charge in [0.15, 0.2) is 17.4 Å². The molecule has 0 N–H and O–H groups in total. The average Bonchev–Trinajstić information content (AvgIpc) is 2.38. The molecule has 2 rings (SSSR count). The zero-order valence-corrected chi connectivity index (χ0v) is 9.40. The first-order valence-corrected chi connectivity index (χ1v) is 5.32. The maximum atomic E-state index is 13.3. The van der Waals surface area contributed by atoms with E-state index in [0.29, 0.717) is 17.4 Å². The fourth-order valence-electron chi connectivity index (χ4n) is 1.55. The molecular formula is C14H10F2O2. The van der Waals surface area contributed by atoms with E-state index in [1.165, 1.54) is 6.07 Å². The molecular weight excluding hydrogens is 238 g/mol. The fraction of sp³-hybridized carbons (Fsp3) is 0.0714. The smallest absolute Gasteiger partial charge is 0.191 e. The van der Waals surface area contributed by atoms with Crippen molar-refractivity contribution in [3.05, 3.63) is 65.2 Å². The summed E-state index contributed by atoms with van der Waals surface area (Å²) in [6.45, 7) is -0.0627. The Hall–Kier alpha value is -2.23. The predicted octanol–water partition coefficient (Wildman–Crippen LogP) is 3.36. The zero-order valence-electron chi connectivity index (χ0n) is 9.40. The first-order valence-electron chi connectivity index (χ1n) is 5.32. The van der Waals surface area contributed by atoms with Gasteiger partial charge in [-0.25, -0.2) is 8.78 Å². The first-order chi connectivity index (χ1) is 8.72. The highest BCUT2D eigenvalue weighted by atomic mass is 19.1. The van der Waals surface area contributed by atoms with Crippen molar-refractivity contribution in [2.45, 2.75) is 6.61 Å². The van der Waals surface area contributed by atoms with Crippen LogP contribution in [-0.4, -0.2) is 6.29 Å². The second kappa shape index (κ2) is 5.40. The summed E-state index contributed by atoms with van der Waals surface area (Å²) in [5.41, 5.74) is 1.02. The van der Waals surface area contributed by atoms with Crippen molar-refractivity contribution in [1.82, 2.24) is 0 Å². The highest BCUT2D eigenvalue weighted by Gasteiger charge is 2.10. The number of hydrogen-bond acceptors (Lipinski definition) is 2. The number of halogens is 2. The number of ether oxygens (including phenoxy) is 1. The minimum Gasteiger partial charge on any atom is -0.483 e. The van der Waals surface area contributed by atoms with Gasteiger partial charge in [-0.2, -0.15) is 0 Å². The summed E-state index contributed by atoms with van der Waals surface area (Å²) < 4.78 is 31.7. The maximum absolute atomic E-state index is 13.3. The van der Waals surface area contributed by atoms with Crippen LogP contribution >= 0.6 is 0 Å². The summed E-state index contributed by atoms with van der Waals surface area (Å²) in [4.78, 5) is 10.8. The zero-order chi connectivity index (χ0) is 13.0. The summed E-state index contributed by atoms with van der Waals surface area (Å²) >= 11 is 0. The molecule has 0 heterocycles. The standard InChI is InChI=1S/C14H10F2O2/c15-12-6-3-7-13(16)14(12)18-9-11-5-2-1-4-10(11)8-17/h1-8H,9H2. The second-order valence-electron chi connectivity index (χ2n) is 3.66. The van der Waals surface area contributed by atoms with Crippen molar-refractivity contribution in [3.8, 4) is 5.75 Å². The third-order valence-corrected chi connectivity index (χ3v) is 2.47. The van der Waals surface area contributed by atoms with Crippen molar-refractivity contribution >= 4 is 6.29 Å². The van der Waals surface area contributed by atoms with Crippen molar-refractivity contribution in [2.75, 3.05) is 0 Å². The molecule has 18 heavy (non-hydrogen) atoms. The molecule has 0 atom stereocenters. The molecule has 0 fully saturated rings. The molecule has 0 bridgehead atoms. The third kappa shape index (κ3) is 2.53. The second-order valence-corrected chi connectivity index (χ2v) is 3.66. The molecule has 0 radical (unpaired) electrons. The highest BCUT2D eigenvalue weighted by Crippen LogP contribution is 2.22. The molecule has 2 nitrogen and oxygen atoms in total. The maximum Gasteiger partial charge on any atom is 0.191 e. The largest absolute Gasteiger partial charge is 0.483 e. The Morgan fingerprint density at radius 1 is 1.00 bits per heavy atom. The molecule has 4 heteroatoms. The summed E-state index contributed by atoms with van der Waals surface area (Å²) in [6.07, 6.45) is 0.677. The Bertz CT molecular complexity index is 547. The molecule has 0 aliphatic carbocycles. The van der Waals surface area contributed by atoms with Crippen LogP contribution in [0.15, 0.2) is 42.5 Å². The van der Waals surface area contributed by atoms with Gasteiger partial charge in [-0.1, -0.05) is 30.3 Å². The molecule has 0 saturated carbocycles. The van der Waals surface area contributed by atoms with Crippen LogP contribution in [-0.2, 0) is 6.61 Å². The van der Waals surface area contributed by atoms with Crippen LogP contribution in [0.25, 0.3) is 0 Å². The van der Waals surface area contributed by atoms with E-state index >= 15 is 0 Å². The minimum atomic E-state index is -0.765. The molecule has 0 aliphatic rings. The van der Waals surface area contributed by atoms with Gasteiger partial charge in [0.05, 0.1) is 0 Å². The summed E-state index contributed by atoms with van der Waals surface area (Å²) in [7, 11) is 0. The van der Waals surface area contributed by atoms with Gasteiger partial charge in [0.1, 0.15) is 12.9 Å². The number of carbonyl (C=O) groups is 1. The number of para-hydroxylation sites is 1. The predicted molar refractivity (Wildman–Crippen MR) is 62.5 cm³/mol. The van der Waals surface area contributed by atoms with E-state index in [2.05, 4.69) is 0 Å². The van der Waals surface area contributed by atoms with Gasteiger partial charge in [-0.05, 0) is 17.7 Å². The van der Waals surface area contributed by atoms with Crippen LogP contribution in [0.5, 0.6) is 5.75 Å². The van der Waals surface area contributed by atoms with Crippen LogP contribution in [0.2, 0.25) is 0 Å². The van der Waals surface area contributed by atoms with Crippen molar-refractivity contribution < 1.29 is 18.3 Å². The van der Waals surface area contributed by atoms with E-state index in [1.807, 2.05) is 0 Å². The molecule has 92 valence electrons. The number of carbonyl (C=O) groups excluding carboxylic acids is 1. The fourth-order valence-corrected chi connectivity index (χ4v) is 1.55. The summed E-state index contributed by atoms with van der Waals surface area (Å²) in [6, 6.07) is 10.2. The van der Waals surface area contributed by atoms with Gasteiger partial charge in [-0.3, -0.25) is 4.79 Å². The Morgan fingerprint density at radius 3 is 2.33 bits per heavy atom. The monoisotopic (exact) mass is 248 g/mol. The normalized spacial score (nSPS) is 10.1. The summed E-state index contributed by atoms with van der Waals surface area (Å²) in [5, 5.41) is 0. The Balaban J connectivity index is 2.19. The lowest BCUT2D eigenvalue weighted by atomic mass is 10.1. The number of aldehydes is 1. The quantitative estimate of drug-likeness (QED) is 0.775. The van der Waals surface area contributed by atoms with Crippen molar-refractivity contribution in [2.24, 2.45) is 0 Å². The lowest BCUT2D eigenvalue weighted by Crippen LogP contribution is -2.02. The molecule has 0 spiro atoms. The van der Waals surface area contributed by atoms with Gasteiger partial charge in [0.2, 0.25) is 0 Å². The van der Waals surface area contributed by atoms with E-state index < -0.39 is 17.4 Å². The topological polar surface area (TPSA) is 26.3 Å². The lowest BCUT2D eigenvalue weighted by molar-refractivity contribution is 0.112. The van der Waals surface area contributed by atoms with Gasteiger partial charge in [0, 0.05) is 5.56 Å². The highest BCUT2D eigenvalue weighted by molar-refractivity contribution is 5.77. The first kappa shape index (κ1) is 12.2. The van der Waals surface area contributed by atoms with E-state index in [4.69, 9.17) is 4.74 Å². The molecule has 0 amide bonds. The van der Waals surface area contributed by atoms with Crippen LogP contribution in [0.3, 0.4) is 0 Å². The Labute approximate surface area is 103 Å². The molecule has 2 aromatic rings. The molecule has 0 aromatic heterocycles. The number of benzene rings is 2. The van der Waals surface area contributed by atoms with E-state index in [0.717, 1.165) is 12.1 Å². The van der Waals surface area contributed by atoms with Gasteiger partial charge in [0.25, 0.3) is 0 Å². The van der Waals surface area contributed by atoms with Crippen LogP contribution in [0, 0.1) is 11.6 Å². The SMILES string of the molecule is O=Cc1ccccc1COc1c(F)cccc1F. The molecule has 0 aliphatic heterocycles. The van der Waals surface area contributed by atoms with Crippen molar-refractivity contribution in [3.63, 3.8) is 0 Å². The third-order valence-electron chi connectivity index (χ3n) is 2.47. The number of hydrogen-bond donors (Lipinski definition) is 0. The van der Waals surface area contributed by atoms with Crippen molar-refractivity contribution in [1.29, 1.82) is 0 Å². The van der Waals surface area contributed by atoms with E-state index in [1.54, 1.807) is 24.3 Å². The molecule has 0 saturated heterocycles. The molecule has 2 aromatic carbocycles. The Morgan fingerprint density at radius 2 is 1.67 bits per heavy atom. The van der Waals surface area contributed by atoms with Gasteiger partial charge in [-0.15, -0.1) is 0 Å². The van der Waals surface area contributed by atoms with E-state index in [9.17, 15) is 13.6 Å². The van der Waals surface area contributed by atoms with Crippen LogP contribution in [0.1, 0.15) is 15.9 Å². The van der Waals surface area contributed by atoms with Crippen LogP contribution in [0.4, 0.5) is 8.78 Å². The average molecular weight is 248 g/mol. The van der Waals surface area contributed by atoms with Crippen LogP contribution < -0.4 is 4.74 Å². The molecule has 0 unspecified atom stereocenters. The minimum absolute atomic E-state index is 0.0627. The van der Waals surface area contributed by atoms with Gasteiger partial charge >= 0.3 is 0 Å². The number of rotatable bonds is 4. The summed E-state index contributed by atoms with van der Waals surface area (Å²) in [5.74, 6) is -1.96.